The zero-order valence-corrected chi connectivity index (χ0v) is 13.3. The molecule has 2 aliphatic heterocycles. The molecule has 0 amide bonds. The average molecular weight is 293 g/mol. The lowest BCUT2D eigenvalue weighted by atomic mass is 9.81. The lowest BCUT2D eigenvalue weighted by Gasteiger charge is -2.47. The van der Waals surface area contributed by atoms with E-state index in [-0.39, 0.29) is 5.60 Å². The molecular formula is C16H23NO2S. The number of hydrogen-bond acceptors (Lipinski definition) is 4. The largest absolute Gasteiger partial charge is 0.497 e. The Morgan fingerprint density at radius 2 is 2.30 bits per heavy atom. The minimum absolute atomic E-state index is 0.0318. The van der Waals surface area contributed by atoms with Gasteiger partial charge in [0.25, 0.3) is 0 Å². The standard InChI is InChI=1S/C16H23NO2S/c1-11-16(7-4-8-20-11)10-14(17-2)13-6-5-12(18-3)9-15(13)19-16/h5-6,9,11,14,17H,4,7-8,10H2,1-3H3. The third-order valence-corrected chi connectivity index (χ3v) is 6.11. The smallest absolute Gasteiger partial charge is 0.128 e. The van der Waals surface area contributed by atoms with Crippen LogP contribution in [0.5, 0.6) is 11.5 Å². The van der Waals surface area contributed by atoms with Gasteiger partial charge in [0.2, 0.25) is 0 Å². The highest BCUT2D eigenvalue weighted by atomic mass is 32.2. The Bertz CT molecular complexity index is 493. The van der Waals surface area contributed by atoms with Crippen LogP contribution >= 0.6 is 11.8 Å². The number of ether oxygens (including phenoxy) is 2. The topological polar surface area (TPSA) is 30.5 Å². The van der Waals surface area contributed by atoms with Crippen LogP contribution in [0, 0.1) is 0 Å². The summed E-state index contributed by atoms with van der Waals surface area (Å²) in [5.41, 5.74) is 1.22. The second kappa shape index (κ2) is 5.49. The van der Waals surface area contributed by atoms with Gasteiger partial charge in [-0.2, -0.15) is 11.8 Å². The summed E-state index contributed by atoms with van der Waals surface area (Å²) in [6.45, 7) is 2.31. The summed E-state index contributed by atoms with van der Waals surface area (Å²) in [6, 6.07) is 6.55. The average Bonchev–Trinajstić information content (AvgIpc) is 2.49. The maximum atomic E-state index is 6.51. The molecule has 4 heteroatoms. The summed E-state index contributed by atoms with van der Waals surface area (Å²) in [6.07, 6.45) is 3.44. The molecule has 2 heterocycles. The molecule has 1 N–H and O–H groups in total. The highest BCUT2D eigenvalue weighted by molar-refractivity contribution is 8.00. The Morgan fingerprint density at radius 1 is 1.45 bits per heavy atom. The predicted octanol–water partition coefficient (Wildman–Crippen LogP) is 3.39. The number of rotatable bonds is 2. The summed E-state index contributed by atoms with van der Waals surface area (Å²) in [7, 11) is 3.74. The molecule has 0 aromatic heterocycles. The molecule has 3 atom stereocenters. The summed E-state index contributed by atoms with van der Waals surface area (Å²) in [4.78, 5) is 0. The van der Waals surface area contributed by atoms with Gasteiger partial charge in [-0.05, 0) is 38.6 Å². The summed E-state index contributed by atoms with van der Waals surface area (Å²) < 4.78 is 11.9. The Kier molecular flexibility index (Phi) is 3.87. The molecule has 1 aromatic carbocycles. The van der Waals surface area contributed by atoms with E-state index < -0.39 is 0 Å². The fourth-order valence-corrected chi connectivity index (χ4v) is 4.61. The first kappa shape index (κ1) is 14.1. The number of fused-ring (bicyclic) bond motifs is 1. The molecule has 0 radical (unpaired) electrons. The van der Waals surface area contributed by atoms with E-state index in [1.165, 1.54) is 17.7 Å². The fraction of sp³-hybridized carbons (Fsp3) is 0.625. The van der Waals surface area contributed by atoms with Crippen molar-refractivity contribution in [2.75, 3.05) is 19.9 Å². The molecule has 3 unspecified atom stereocenters. The van der Waals surface area contributed by atoms with Crippen LogP contribution < -0.4 is 14.8 Å². The Labute approximate surface area is 125 Å². The molecule has 110 valence electrons. The van der Waals surface area contributed by atoms with Crippen LogP contribution in [0.4, 0.5) is 0 Å². The minimum atomic E-state index is -0.0318. The maximum absolute atomic E-state index is 6.51. The molecule has 1 fully saturated rings. The summed E-state index contributed by atoms with van der Waals surface area (Å²) in [5, 5.41) is 3.99. The van der Waals surface area contributed by atoms with Gasteiger partial charge in [-0.1, -0.05) is 6.07 Å². The van der Waals surface area contributed by atoms with Crippen LogP contribution in [0.1, 0.15) is 37.8 Å². The first-order chi connectivity index (χ1) is 9.68. The Morgan fingerprint density at radius 3 is 3.00 bits per heavy atom. The highest BCUT2D eigenvalue weighted by Crippen LogP contribution is 2.48. The predicted molar refractivity (Wildman–Crippen MR) is 83.9 cm³/mol. The van der Waals surface area contributed by atoms with Crippen molar-refractivity contribution in [2.45, 2.75) is 43.1 Å². The van der Waals surface area contributed by atoms with Crippen molar-refractivity contribution in [2.24, 2.45) is 0 Å². The summed E-state index contributed by atoms with van der Waals surface area (Å²) in [5.74, 6) is 3.11. The quantitative estimate of drug-likeness (QED) is 0.905. The third-order valence-electron chi connectivity index (χ3n) is 4.66. The molecule has 2 aliphatic rings. The van der Waals surface area contributed by atoms with Crippen LogP contribution in [0.3, 0.4) is 0 Å². The number of nitrogens with one attached hydrogen (secondary N) is 1. The van der Waals surface area contributed by atoms with Crippen LogP contribution in [-0.2, 0) is 0 Å². The number of benzene rings is 1. The van der Waals surface area contributed by atoms with Crippen molar-refractivity contribution in [1.29, 1.82) is 0 Å². The van der Waals surface area contributed by atoms with Crippen LogP contribution in [0.15, 0.2) is 18.2 Å². The van der Waals surface area contributed by atoms with Gasteiger partial charge in [-0.15, -0.1) is 0 Å². The monoisotopic (exact) mass is 293 g/mol. The van der Waals surface area contributed by atoms with Gasteiger partial charge in [-0.25, -0.2) is 0 Å². The van der Waals surface area contributed by atoms with Crippen LogP contribution in [-0.4, -0.2) is 30.8 Å². The first-order valence-corrected chi connectivity index (χ1v) is 8.39. The molecule has 3 rings (SSSR count). The van der Waals surface area contributed by atoms with Gasteiger partial charge < -0.3 is 14.8 Å². The number of methoxy groups -OCH3 is 1. The lowest BCUT2D eigenvalue weighted by molar-refractivity contribution is 0.0211. The second-order valence-corrected chi connectivity index (χ2v) is 7.18. The van der Waals surface area contributed by atoms with Crippen molar-refractivity contribution in [1.82, 2.24) is 5.32 Å². The molecule has 0 saturated carbocycles. The van der Waals surface area contributed by atoms with E-state index in [9.17, 15) is 0 Å². The third kappa shape index (κ3) is 2.29. The highest BCUT2D eigenvalue weighted by Gasteiger charge is 2.46. The van der Waals surface area contributed by atoms with E-state index in [0.717, 1.165) is 24.3 Å². The molecule has 0 aliphatic carbocycles. The molecule has 1 saturated heterocycles. The summed E-state index contributed by atoms with van der Waals surface area (Å²) >= 11 is 2.04. The maximum Gasteiger partial charge on any atom is 0.128 e. The van der Waals surface area contributed by atoms with Gasteiger partial charge in [0.1, 0.15) is 17.1 Å². The zero-order chi connectivity index (χ0) is 14.2. The first-order valence-electron chi connectivity index (χ1n) is 7.34. The van der Waals surface area contributed by atoms with Gasteiger partial charge >= 0.3 is 0 Å². The second-order valence-electron chi connectivity index (χ2n) is 5.73. The van der Waals surface area contributed by atoms with E-state index in [1.807, 2.05) is 30.9 Å². The van der Waals surface area contributed by atoms with E-state index in [0.29, 0.717) is 11.3 Å². The molecule has 3 nitrogen and oxygen atoms in total. The zero-order valence-electron chi connectivity index (χ0n) is 12.4. The van der Waals surface area contributed by atoms with Gasteiger partial charge in [0, 0.05) is 29.3 Å². The van der Waals surface area contributed by atoms with Gasteiger partial charge in [0.15, 0.2) is 0 Å². The van der Waals surface area contributed by atoms with E-state index in [2.05, 4.69) is 18.3 Å². The van der Waals surface area contributed by atoms with Crippen LogP contribution in [0.25, 0.3) is 0 Å². The molecule has 1 spiro atoms. The normalized spacial score (nSPS) is 32.5. The van der Waals surface area contributed by atoms with Crippen molar-refractivity contribution in [3.8, 4) is 11.5 Å². The van der Waals surface area contributed by atoms with Gasteiger partial charge in [0.05, 0.1) is 7.11 Å². The molecule has 20 heavy (non-hydrogen) atoms. The number of thioether (sulfide) groups is 1. The van der Waals surface area contributed by atoms with Crippen LogP contribution in [0.2, 0.25) is 0 Å². The van der Waals surface area contributed by atoms with Crippen molar-refractivity contribution in [3.05, 3.63) is 23.8 Å². The van der Waals surface area contributed by atoms with Crippen molar-refractivity contribution < 1.29 is 9.47 Å². The Balaban J connectivity index is 1.99. The van der Waals surface area contributed by atoms with E-state index in [1.54, 1.807) is 7.11 Å². The molecule has 0 bridgehead atoms. The number of hydrogen-bond donors (Lipinski definition) is 1. The minimum Gasteiger partial charge on any atom is -0.497 e. The van der Waals surface area contributed by atoms with Gasteiger partial charge in [-0.3, -0.25) is 0 Å². The SMILES string of the molecule is CNC1CC2(CCCSC2C)Oc2cc(OC)ccc21. The molecular weight excluding hydrogens is 270 g/mol. The van der Waals surface area contributed by atoms with Crippen molar-refractivity contribution >= 4 is 11.8 Å². The van der Waals surface area contributed by atoms with Crippen molar-refractivity contribution in [3.63, 3.8) is 0 Å². The van der Waals surface area contributed by atoms with E-state index in [4.69, 9.17) is 9.47 Å². The molecule has 1 aromatic rings. The Hall–Kier alpha value is -0.870. The van der Waals surface area contributed by atoms with E-state index >= 15 is 0 Å². The lowest BCUT2D eigenvalue weighted by Crippen LogP contribution is -2.51. The fourth-order valence-electron chi connectivity index (χ4n) is 3.38.